The van der Waals surface area contributed by atoms with Crippen LogP contribution in [0.25, 0.3) is 10.9 Å². The molecule has 0 amide bonds. The van der Waals surface area contributed by atoms with Crippen molar-refractivity contribution in [2.45, 2.75) is 50.1 Å². The van der Waals surface area contributed by atoms with Crippen molar-refractivity contribution < 1.29 is 19.0 Å². The summed E-state index contributed by atoms with van der Waals surface area (Å²) in [6.07, 6.45) is 3.55. The van der Waals surface area contributed by atoms with Crippen molar-refractivity contribution in [1.29, 1.82) is 0 Å². The first-order chi connectivity index (χ1) is 17.9. The molecule has 1 fully saturated rings. The fourth-order valence-corrected chi connectivity index (χ4v) is 6.46. The monoisotopic (exact) mass is 524 g/mol. The van der Waals surface area contributed by atoms with Crippen molar-refractivity contribution in [2.75, 3.05) is 32.5 Å². The Hall–Kier alpha value is -2.64. The molecule has 1 aliphatic rings. The van der Waals surface area contributed by atoms with Crippen LogP contribution in [0.15, 0.2) is 59.6 Å². The number of hydrogen-bond acceptors (Lipinski definition) is 5. The molecule has 0 radical (unpaired) electrons. The molecule has 2 aromatic carbocycles. The Morgan fingerprint density at radius 1 is 1.22 bits per heavy atom. The molecule has 1 unspecified atom stereocenters. The predicted molar refractivity (Wildman–Crippen MR) is 148 cm³/mol. The predicted octanol–water partition coefficient (Wildman–Crippen LogP) is 6.94. The van der Waals surface area contributed by atoms with E-state index in [0.29, 0.717) is 30.1 Å². The summed E-state index contributed by atoms with van der Waals surface area (Å²) in [5.74, 6) is 1.54. The Kier molecular flexibility index (Phi) is 9.81. The van der Waals surface area contributed by atoms with Gasteiger partial charge in [0.25, 0.3) is 0 Å². The van der Waals surface area contributed by atoms with Crippen molar-refractivity contribution in [2.24, 2.45) is 11.8 Å². The number of rotatable bonds is 12. The zero-order valence-corrected chi connectivity index (χ0v) is 22.6. The lowest BCUT2D eigenvalue weighted by Crippen LogP contribution is -2.41. The number of aromatic nitrogens is 1. The first kappa shape index (κ1) is 27.4. The molecule has 7 heteroatoms. The van der Waals surface area contributed by atoms with E-state index in [1.807, 2.05) is 30.0 Å². The van der Waals surface area contributed by atoms with Gasteiger partial charge in [0, 0.05) is 41.7 Å². The summed E-state index contributed by atoms with van der Waals surface area (Å²) in [5.41, 5.74) is 2.68. The molecule has 4 rings (SSSR count). The molecule has 1 aliphatic heterocycles. The molecule has 1 aromatic heterocycles. The van der Waals surface area contributed by atoms with Gasteiger partial charge in [-0.2, -0.15) is 0 Å². The standard InChI is InChI=1S/C30H37FN2O3S/c1-21-4-3-5-25(18-21)37-17-16-33-15-13-22(23(20-33)7-11-30(34)35)6-9-28(31)26-12-14-32-29-10-8-24(36-2)19-27(26)29/h3-5,8,10,12,14,18-19,22-23,28H,6-7,9,11,13,15-17,20H2,1-2H3,(H,34,35)/t22-,23+,28?/m1/s1. The lowest BCUT2D eigenvalue weighted by atomic mass is 9.79. The number of aryl methyl sites for hydroxylation is 1. The Morgan fingerprint density at radius 3 is 2.86 bits per heavy atom. The molecular weight excluding hydrogens is 487 g/mol. The number of halogens is 1. The lowest BCUT2D eigenvalue weighted by molar-refractivity contribution is -0.137. The zero-order valence-electron chi connectivity index (χ0n) is 21.7. The zero-order chi connectivity index (χ0) is 26.2. The number of hydrogen-bond donors (Lipinski definition) is 1. The molecule has 2 heterocycles. The molecule has 0 aliphatic carbocycles. The second-order valence-electron chi connectivity index (χ2n) is 10.0. The van der Waals surface area contributed by atoms with Crippen molar-refractivity contribution in [3.8, 4) is 5.75 Å². The van der Waals surface area contributed by atoms with Crippen LogP contribution in [-0.4, -0.2) is 53.5 Å². The summed E-state index contributed by atoms with van der Waals surface area (Å²) in [6.45, 7) is 4.96. The van der Waals surface area contributed by atoms with E-state index >= 15 is 4.39 Å². The Labute approximate surface area is 223 Å². The highest BCUT2D eigenvalue weighted by Gasteiger charge is 2.30. The number of nitrogens with zero attached hydrogens (tertiary/aromatic N) is 2. The Bertz CT molecular complexity index is 1190. The average Bonchev–Trinajstić information content (AvgIpc) is 2.90. The third kappa shape index (κ3) is 7.68. The number of benzene rings is 2. The summed E-state index contributed by atoms with van der Waals surface area (Å²) in [4.78, 5) is 19.4. The normalized spacial score (nSPS) is 19.1. The number of piperidine rings is 1. The second-order valence-corrected chi connectivity index (χ2v) is 11.2. The summed E-state index contributed by atoms with van der Waals surface area (Å²) in [5, 5.41) is 10.1. The van der Waals surface area contributed by atoms with E-state index in [-0.39, 0.29) is 12.3 Å². The fourth-order valence-electron chi connectivity index (χ4n) is 5.44. The molecule has 1 saturated heterocycles. The summed E-state index contributed by atoms with van der Waals surface area (Å²) in [7, 11) is 1.61. The van der Waals surface area contributed by atoms with Gasteiger partial charge in [-0.1, -0.05) is 17.7 Å². The lowest BCUT2D eigenvalue weighted by Gasteiger charge is -2.39. The van der Waals surface area contributed by atoms with Crippen LogP contribution in [0.5, 0.6) is 5.75 Å². The highest BCUT2D eigenvalue weighted by Crippen LogP contribution is 2.36. The molecule has 3 atom stereocenters. The summed E-state index contributed by atoms with van der Waals surface area (Å²) >= 11 is 1.86. The van der Waals surface area contributed by atoms with Crippen LogP contribution in [0.4, 0.5) is 4.39 Å². The number of alkyl halides is 1. The van der Waals surface area contributed by atoms with Crippen LogP contribution in [-0.2, 0) is 4.79 Å². The van der Waals surface area contributed by atoms with Gasteiger partial charge in [0.2, 0.25) is 0 Å². The van der Waals surface area contributed by atoms with Crippen LogP contribution in [0.3, 0.4) is 0 Å². The van der Waals surface area contributed by atoms with E-state index in [0.717, 1.165) is 49.1 Å². The van der Waals surface area contributed by atoms with Crippen molar-refractivity contribution in [1.82, 2.24) is 9.88 Å². The van der Waals surface area contributed by atoms with Crippen LogP contribution < -0.4 is 4.74 Å². The van der Waals surface area contributed by atoms with Crippen LogP contribution >= 0.6 is 11.8 Å². The number of carboxylic acid groups (broad SMARTS) is 1. The van der Waals surface area contributed by atoms with Crippen LogP contribution in [0.2, 0.25) is 0 Å². The van der Waals surface area contributed by atoms with Gasteiger partial charge in [0.15, 0.2) is 0 Å². The molecule has 37 heavy (non-hydrogen) atoms. The Morgan fingerprint density at radius 2 is 2.08 bits per heavy atom. The molecule has 3 aromatic rings. The van der Waals surface area contributed by atoms with Gasteiger partial charge in [-0.15, -0.1) is 11.8 Å². The van der Waals surface area contributed by atoms with Crippen LogP contribution in [0.1, 0.15) is 49.4 Å². The minimum absolute atomic E-state index is 0.168. The number of carboxylic acids is 1. The van der Waals surface area contributed by atoms with Gasteiger partial charge in [0.1, 0.15) is 11.9 Å². The van der Waals surface area contributed by atoms with Gasteiger partial charge in [-0.05, 0) is 92.9 Å². The van der Waals surface area contributed by atoms with Gasteiger partial charge in [-0.3, -0.25) is 9.78 Å². The average molecular weight is 525 g/mol. The van der Waals surface area contributed by atoms with Crippen molar-refractivity contribution in [3.05, 3.63) is 65.9 Å². The van der Waals surface area contributed by atoms with E-state index in [9.17, 15) is 9.90 Å². The van der Waals surface area contributed by atoms with Gasteiger partial charge in [0.05, 0.1) is 12.6 Å². The molecule has 0 spiro atoms. The van der Waals surface area contributed by atoms with Crippen molar-refractivity contribution >= 4 is 28.6 Å². The largest absolute Gasteiger partial charge is 0.497 e. The molecule has 0 saturated carbocycles. The van der Waals surface area contributed by atoms with Gasteiger partial charge < -0.3 is 14.7 Å². The molecule has 0 bridgehead atoms. The molecule has 5 nitrogen and oxygen atoms in total. The molecule has 1 N–H and O–H groups in total. The number of carbonyl (C=O) groups is 1. The number of ether oxygens (including phenoxy) is 1. The fraction of sp³-hybridized carbons (Fsp3) is 0.467. The number of likely N-dealkylation sites (tertiary alicyclic amines) is 1. The molecular formula is C30H37FN2O3S. The number of fused-ring (bicyclic) bond motifs is 1. The number of pyridine rings is 1. The summed E-state index contributed by atoms with van der Waals surface area (Å²) in [6, 6.07) is 15.9. The highest BCUT2D eigenvalue weighted by atomic mass is 32.2. The minimum Gasteiger partial charge on any atom is -0.497 e. The SMILES string of the molecule is COc1ccc2nccc(C(F)CC[C@@H]3CCN(CCSc4cccc(C)c4)C[C@@H]3CCC(=O)O)c2c1. The van der Waals surface area contributed by atoms with Crippen molar-refractivity contribution in [3.63, 3.8) is 0 Å². The molecule has 198 valence electrons. The first-order valence-corrected chi connectivity index (χ1v) is 14.1. The maximum absolute atomic E-state index is 15.6. The smallest absolute Gasteiger partial charge is 0.303 e. The second kappa shape index (κ2) is 13.2. The van der Waals surface area contributed by atoms with E-state index in [2.05, 4.69) is 41.1 Å². The van der Waals surface area contributed by atoms with E-state index in [1.165, 1.54) is 10.5 Å². The third-order valence-corrected chi connectivity index (χ3v) is 8.46. The quantitative estimate of drug-likeness (QED) is 0.259. The number of aliphatic carboxylic acids is 1. The Balaban J connectivity index is 1.35. The number of thioether (sulfide) groups is 1. The number of methoxy groups -OCH3 is 1. The maximum Gasteiger partial charge on any atom is 0.303 e. The first-order valence-electron chi connectivity index (χ1n) is 13.1. The minimum atomic E-state index is -1.10. The van der Waals surface area contributed by atoms with E-state index < -0.39 is 12.1 Å². The maximum atomic E-state index is 15.6. The topological polar surface area (TPSA) is 62.7 Å². The highest BCUT2D eigenvalue weighted by molar-refractivity contribution is 7.99. The van der Waals surface area contributed by atoms with Crippen LogP contribution in [0, 0.1) is 18.8 Å². The van der Waals surface area contributed by atoms with Gasteiger partial charge in [-0.25, -0.2) is 4.39 Å². The van der Waals surface area contributed by atoms with E-state index in [4.69, 9.17) is 4.74 Å². The van der Waals surface area contributed by atoms with Gasteiger partial charge >= 0.3 is 5.97 Å². The summed E-state index contributed by atoms with van der Waals surface area (Å²) < 4.78 is 20.9. The third-order valence-electron chi connectivity index (χ3n) is 7.48. The van der Waals surface area contributed by atoms with E-state index in [1.54, 1.807) is 19.4 Å².